The SMILES string of the molecule is CCCC(N)C(=O)Nc1cc(C(C)(C)C)nn1C(C)(C)C. The zero-order chi connectivity index (χ0) is 16.4. The Bertz CT molecular complexity index is 491. The zero-order valence-electron chi connectivity index (χ0n) is 14.4. The van der Waals surface area contributed by atoms with Gasteiger partial charge in [-0.15, -0.1) is 0 Å². The van der Waals surface area contributed by atoms with Gasteiger partial charge in [-0.3, -0.25) is 4.79 Å². The smallest absolute Gasteiger partial charge is 0.242 e. The summed E-state index contributed by atoms with van der Waals surface area (Å²) in [6.45, 7) is 14.5. The molecule has 0 aromatic carbocycles. The van der Waals surface area contributed by atoms with Crippen molar-refractivity contribution in [3.05, 3.63) is 11.8 Å². The van der Waals surface area contributed by atoms with Crippen molar-refractivity contribution in [2.75, 3.05) is 5.32 Å². The van der Waals surface area contributed by atoms with Crippen molar-refractivity contribution in [1.82, 2.24) is 9.78 Å². The number of anilines is 1. The molecule has 1 rings (SSSR count). The van der Waals surface area contributed by atoms with Crippen molar-refractivity contribution in [2.24, 2.45) is 5.73 Å². The van der Waals surface area contributed by atoms with Gasteiger partial charge in [0.15, 0.2) is 0 Å². The largest absolute Gasteiger partial charge is 0.320 e. The number of nitrogens with one attached hydrogen (secondary N) is 1. The van der Waals surface area contributed by atoms with E-state index in [2.05, 4.69) is 52.0 Å². The highest BCUT2D eigenvalue weighted by Gasteiger charge is 2.26. The van der Waals surface area contributed by atoms with Gasteiger partial charge in [0.05, 0.1) is 17.3 Å². The Morgan fingerprint density at radius 1 is 1.33 bits per heavy atom. The first kappa shape index (κ1) is 17.7. The highest BCUT2D eigenvalue weighted by molar-refractivity contribution is 5.94. The maximum absolute atomic E-state index is 12.2. The van der Waals surface area contributed by atoms with Crippen LogP contribution in [-0.2, 0) is 15.7 Å². The number of rotatable bonds is 4. The van der Waals surface area contributed by atoms with Gasteiger partial charge in [0, 0.05) is 11.5 Å². The third kappa shape index (κ3) is 4.56. The van der Waals surface area contributed by atoms with Crippen LogP contribution in [-0.4, -0.2) is 21.7 Å². The molecule has 0 aliphatic heterocycles. The van der Waals surface area contributed by atoms with E-state index in [9.17, 15) is 4.79 Å². The van der Waals surface area contributed by atoms with Crippen molar-refractivity contribution < 1.29 is 4.79 Å². The third-order valence-electron chi connectivity index (χ3n) is 3.30. The Kier molecular flexibility index (Phi) is 5.20. The summed E-state index contributed by atoms with van der Waals surface area (Å²) in [4.78, 5) is 12.2. The molecule has 5 nitrogen and oxygen atoms in total. The Morgan fingerprint density at radius 2 is 1.90 bits per heavy atom. The number of nitrogens with zero attached hydrogens (tertiary/aromatic N) is 2. The van der Waals surface area contributed by atoms with Crippen LogP contribution in [0.2, 0.25) is 0 Å². The molecule has 0 aliphatic carbocycles. The van der Waals surface area contributed by atoms with E-state index >= 15 is 0 Å². The molecule has 0 saturated heterocycles. The van der Waals surface area contributed by atoms with Crippen molar-refractivity contribution in [1.29, 1.82) is 0 Å². The lowest BCUT2D eigenvalue weighted by Crippen LogP contribution is -2.37. The Hall–Kier alpha value is -1.36. The van der Waals surface area contributed by atoms with E-state index < -0.39 is 6.04 Å². The number of carbonyl (C=O) groups excluding carboxylic acids is 1. The molecule has 1 aromatic rings. The van der Waals surface area contributed by atoms with E-state index in [4.69, 9.17) is 5.73 Å². The number of aromatic nitrogens is 2. The molecule has 1 amide bonds. The van der Waals surface area contributed by atoms with E-state index in [-0.39, 0.29) is 16.9 Å². The van der Waals surface area contributed by atoms with Gasteiger partial charge in [-0.1, -0.05) is 34.1 Å². The predicted octanol–water partition coefficient (Wildman–Crippen LogP) is 3.00. The van der Waals surface area contributed by atoms with Gasteiger partial charge >= 0.3 is 0 Å². The van der Waals surface area contributed by atoms with E-state index in [0.29, 0.717) is 12.2 Å². The fraction of sp³-hybridized carbons (Fsp3) is 0.750. The lowest BCUT2D eigenvalue weighted by molar-refractivity contribution is -0.117. The van der Waals surface area contributed by atoms with Gasteiger partial charge in [-0.2, -0.15) is 5.10 Å². The van der Waals surface area contributed by atoms with Crippen LogP contribution in [0.1, 0.15) is 67.0 Å². The Balaban J connectivity index is 3.11. The minimum Gasteiger partial charge on any atom is -0.320 e. The minimum absolute atomic E-state index is 0.0679. The molecule has 5 heteroatoms. The van der Waals surface area contributed by atoms with Gasteiger partial charge in [0.1, 0.15) is 5.82 Å². The van der Waals surface area contributed by atoms with Gasteiger partial charge < -0.3 is 11.1 Å². The van der Waals surface area contributed by atoms with E-state index in [1.54, 1.807) is 0 Å². The van der Waals surface area contributed by atoms with Crippen LogP contribution in [0, 0.1) is 0 Å². The number of nitrogens with two attached hydrogens (primary N) is 1. The molecule has 1 atom stereocenters. The van der Waals surface area contributed by atoms with Crippen LogP contribution >= 0.6 is 0 Å². The zero-order valence-corrected chi connectivity index (χ0v) is 14.4. The van der Waals surface area contributed by atoms with Crippen LogP contribution < -0.4 is 11.1 Å². The molecule has 0 spiro atoms. The normalized spacial score (nSPS) is 14.1. The predicted molar refractivity (Wildman–Crippen MR) is 87.4 cm³/mol. The molecule has 0 aliphatic rings. The molecule has 120 valence electrons. The highest BCUT2D eigenvalue weighted by atomic mass is 16.2. The lowest BCUT2D eigenvalue weighted by Gasteiger charge is -2.23. The van der Waals surface area contributed by atoms with E-state index in [1.807, 2.05) is 17.7 Å². The Morgan fingerprint density at radius 3 is 2.33 bits per heavy atom. The average molecular weight is 294 g/mol. The molecule has 0 radical (unpaired) electrons. The minimum atomic E-state index is -0.476. The van der Waals surface area contributed by atoms with Crippen molar-refractivity contribution >= 4 is 11.7 Å². The van der Waals surface area contributed by atoms with Crippen LogP contribution in [0.4, 0.5) is 5.82 Å². The van der Waals surface area contributed by atoms with Gasteiger partial charge in [0.2, 0.25) is 5.91 Å². The van der Waals surface area contributed by atoms with Crippen molar-refractivity contribution in [2.45, 2.75) is 78.3 Å². The molecule has 1 aromatic heterocycles. The summed E-state index contributed by atoms with van der Waals surface area (Å²) in [5.74, 6) is 0.562. The molecule has 0 saturated carbocycles. The molecule has 21 heavy (non-hydrogen) atoms. The first-order chi connectivity index (χ1) is 9.46. The number of amides is 1. The van der Waals surface area contributed by atoms with Crippen LogP contribution in [0.15, 0.2) is 6.07 Å². The van der Waals surface area contributed by atoms with E-state index in [0.717, 1.165) is 12.1 Å². The topological polar surface area (TPSA) is 72.9 Å². The standard InChI is InChI=1S/C16H30N4O/c1-8-9-11(17)14(21)18-13-10-12(15(2,3)4)19-20(13)16(5,6)7/h10-11H,8-9,17H2,1-7H3,(H,18,21). The summed E-state index contributed by atoms with van der Waals surface area (Å²) < 4.78 is 1.87. The van der Waals surface area contributed by atoms with Gasteiger partial charge in [-0.25, -0.2) is 4.68 Å². The molecule has 1 unspecified atom stereocenters. The highest BCUT2D eigenvalue weighted by Crippen LogP contribution is 2.28. The molecule has 1 heterocycles. The number of carbonyl (C=O) groups is 1. The van der Waals surface area contributed by atoms with Gasteiger partial charge in [-0.05, 0) is 27.2 Å². The lowest BCUT2D eigenvalue weighted by atomic mass is 9.92. The molecule has 0 fully saturated rings. The maximum Gasteiger partial charge on any atom is 0.242 e. The maximum atomic E-state index is 12.2. The summed E-state index contributed by atoms with van der Waals surface area (Å²) in [5, 5.41) is 7.60. The van der Waals surface area contributed by atoms with Crippen LogP contribution in [0.3, 0.4) is 0 Å². The monoisotopic (exact) mass is 294 g/mol. The van der Waals surface area contributed by atoms with Crippen LogP contribution in [0.25, 0.3) is 0 Å². The van der Waals surface area contributed by atoms with Gasteiger partial charge in [0.25, 0.3) is 0 Å². The second-order valence-corrected chi connectivity index (χ2v) is 7.63. The summed E-state index contributed by atoms with van der Waals surface area (Å²) in [7, 11) is 0. The van der Waals surface area contributed by atoms with Crippen molar-refractivity contribution in [3.8, 4) is 0 Å². The first-order valence-corrected chi connectivity index (χ1v) is 7.64. The summed E-state index contributed by atoms with van der Waals surface area (Å²) in [5.41, 5.74) is 6.57. The average Bonchev–Trinajstić information content (AvgIpc) is 2.72. The quantitative estimate of drug-likeness (QED) is 0.896. The number of hydrogen-bond acceptors (Lipinski definition) is 3. The second kappa shape index (κ2) is 6.18. The summed E-state index contributed by atoms with van der Waals surface area (Å²) in [6.07, 6.45) is 1.57. The van der Waals surface area contributed by atoms with Crippen molar-refractivity contribution in [3.63, 3.8) is 0 Å². The Labute approximate surface area is 128 Å². The number of hydrogen-bond donors (Lipinski definition) is 2. The molecule has 3 N–H and O–H groups in total. The first-order valence-electron chi connectivity index (χ1n) is 7.64. The molecular formula is C16H30N4O. The molecule has 0 bridgehead atoms. The summed E-state index contributed by atoms with van der Waals surface area (Å²) >= 11 is 0. The second-order valence-electron chi connectivity index (χ2n) is 7.63. The summed E-state index contributed by atoms with van der Waals surface area (Å²) in [6, 6.07) is 1.47. The fourth-order valence-corrected chi connectivity index (χ4v) is 2.01. The third-order valence-corrected chi connectivity index (χ3v) is 3.30. The van der Waals surface area contributed by atoms with E-state index in [1.165, 1.54) is 0 Å². The molecular weight excluding hydrogens is 264 g/mol. The fourth-order valence-electron chi connectivity index (χ4n) is 2.01. The van der Waals surface area contributed by atoms with Crippen LogP contribution in [0.5, 0.6) is 0 Å².